The number of hydrogen-bond acceptors (Lipinski definition) is 5. The molecule has 150 valence electrons. The third kappa shape index (κ3) is 5.19. The average Bonchev–Trinajstić information content (AvgIpc) is 2.98. The lowest BCUT2D eigenvalue weighted by molar-refractivity contribution is -0.384. The second-order valence-electron chi connectivity index (χ2n) is 6.61. The van der Waals surface area contributed by atoms with Crippen molar-refractivity contribution in [1.82, 2.24) is 15.1 Å². The van der Waals surface area contributed by atoms with Crippen molar-refractivity contribution in [3.63, 3.8) is 0 Å². The summed E-state index contributed by atoms with van der Waals surface area (Å²) in [4.78, 5) is 22.3. The average molecular weight is 394 g/mol. The van der Waals surface area contributed by atoms with E-state index in [1.165, 1.54) is 24.3 Å². The summed E-state index contributed by atoms with van der Waals surface area (Å²) in [5.74, 6) is 0.117. The quantitative estimate of drug-likeness (QED) is 0.467. The van der Waals surface area contributed by atoms with Gasteiger partial charge in [-0.25, -0.2) is 0 Å². The number of aromatic nitrogens is 2. The van der Waals surface area contributed by atoms with E-state index in [0.29, 0.717) is 18.8 Å². The lowest BCUT2D eigenvalue weighted by Gasteiger charge is -2.08. The van der Waals surface area contributed by atoms with Crippen molar-refractivity contribution in [2.24, 2.45) is 0 Å². The smallest absolute Gasteiger partial charge is 0.269 e. The van der Waals surface area contributed by atoms with Crippen LogP contribution in [0.1, 0.15) is 22.5 Å². The molecule has 0 aliphatic heterocycles. The van der Waals surface area contributed by atoms with Gasteiger partial charge in [-0.1, -0.05) is 30.3 Å². The molecule has 0 saturated heterocycles. The first kappa shape index (κ1) is 20.1. The summed E-state index contributed by atoms with van der Waals surface area (Å²) in [6.45, 7) is 4.76. The highest BCUT2D eigenvalue weighted by Gasteiger charge is 2.13. The summed E-state index contributed by atoms with van der Waals surface area (Å²) in [6.07, 6.45) is 0. The Morgan fingerprint density at radius 1 is 1.14 bits per heavy atom. The predicted octanol–water partition coefficient (Wildman–Crippen LogP) is 3.15. The van der Waals surface area contributed by atoms with Crippen LogP contribution in [0.4, 0.5) is 5.69 Å². The van der Waals surface area contributed by atoms with Crippen molar-refractivity contribution in [3.8, 4) is 5.75 Å². The van der Waals surface area contributed by atoms with Crippen LogP contribution in [0.15, 0.2) is 54.6 Å². The zero-order valence-electron chi connectivity index (χ0n) is 16.3. The third-order valence-electron chi connectivity index (χ3n) is 4.59. The Morgan fingerprint density at radius 2 is 1.83 bits per heavy atom. The Morgan fingerprint density at radius 3 is 2.48 bits per heavy atom. The molecule has 3 aromatic rings. The Balaban J connectivity index is 1.54. The standard InChI is InChI=1S/C21H22N4O4/c1-15-20(16(2)24(23-15)13-17-6-4-3-5-7-17)12-22-21(26)14-29-19-10-8-18(9-11-19)25(27)28/h3-11H,12-14H2,1-2H3,(H,22,26). The molecule has 8 heteroatoms. The molecular formula is C21H22N4O4. The summed E-state index contributed by atoms with van der Waals surface area (Å²) in [7, 11) is 0. The van der Waals surface area contributed by atoms with E-state index >= 15 is 0 Å². The molecule has 0 atom stereocenters. The molecule has 1 heterocycles. The first-order valence-corrected chi connectivity index (χ1v) is 9.15. The van der Waals surface area contributed by atoms with Gasteiger partial charge in [0.2, 0.25) is 0 Å². The molecular weight excluding hydrogens is 372 g/mol. The minimum absolute atomic E-state index is 0.0275. The van der Waals surface area contributed by atoms with Gasteiger partial charge >= 0.3 is 0 Å². The number of carbonyl (C=O) groups is 1. The topological polar surface area (TPSA) is 99.3 Å². The van der Waals surface area contributed by atoms with Crippen LogP contribution >= 0.6 is 0 Å². The van der Waals surface area contributed by atoms with Crippen LogP contribution in [0.5, 0.6) is 5.75 Å². The summed E-state index contributed by atoms with van der Waals surface area (Å²) < 4.78 is 7.31. The molecule has 0 saturated carbocycles. The number of benzene rings is 2. The monoisotopic (exact) mass is 394 g/mol. The van der Waals surface area contributed by atoms with Gasteiger partial charge in [0.15, 0.2) is 6.61 Å². The van der Waals surface area contributed by atoms with Crippen molar-refractivity contribution in [2.75, 3.05) is 6.61 Å². The fraction of sp³-hybridized carbons (Fsp3) is 0.238. The summed E-state index contributed by atoms with van der Waals surface area (Å²) in [5, 5.41) is 18.1. The van der Waals surface area contributed by atoms with Gasteiger partial charge in [-0.3, -0.25) is 19.6 Å². The fourth-order valence-electron chi connectivity index (χ4n) is 2.95. The first-order valence-electron chi connectivity index (χ1n) is 9.15. The van der Waals surface area contributed by atoms with Crippen LogP contribution < -0.4 is 10.1 Å². The molecule has 0 fully saturated rings. The van der Waals surface area contributed by atoms with E-state index in [9.17, 15) is 14.9 Å². The maximum atomic E-state index is 12.1. The number of nitro groups is 1. The SMILES string of the molecule is Cc1nn(Cc2ccccc2)c(C)c1CNC(=O)COc1ccc([N+](=O)[O-])cc1. The Kier molecular flexibility index (Phi) is 6.23. The van der Waals surface area contributed by atoms with Gasteiger partial charge in [0.05, 0.1) is 17.2 Å². The molecule has 0 unspecified atom stereocenters. The second kappa shape index (κ2) is 9.01. The number of non-ortho nitro benzene ring substituents is 1. The van der Waals surface area contributed by atoms with Gasteiger partial charge in [-0.15, -0.1) is 0 Å². The molecule has 29 heavy (non-hydrogen) atoms. The molecule has 0 spiro atoms. The molecule has 1 aromatic heterocycles. The number of nitro benzene ring substituents is 1. The first-order chi connectivity index (χ1) is 13.9. The van der Waals surface area contributed by atoms with Gasteiger partial charge in [0.1, 0.15) is 5.75 Å². The van der Waals surface area contributed by atoms with E-state index in [4.69, 9.17) is 4.74 Å². The van der Waals surface area contributed by atoms with Gasteiger partial charge in [0.25, 0.3) is 11.6 Å². The normalized spacial score (nSPS) is 10.6. The zero-order chi connectivity index (χ0) is 20.8. The van der Waals surface area contributed by atoms with Gasteiger partial charge < -0.3 is 10.1 Å². The molecule has 0 bridgehead atoms. The number of nitrogens with one attached hydrogen (secondary N) is 1. The number of amides is 1. The number of ether oxygens (including phenoxy) is 1. The minimum Gasteiger partial charge on any atom is -0.484 e. The predicted molar refractivity (Wildman–Crippen MR) is 108 cm³/mol. The molecule has 0 aliphatic rings. The van der Waals surface area contributed by atoms with Gasteiger partial charge in [0, 0.05) is 29.9 Å². The highest BCUT2D eigenvalue weighted by atomic mass is 16.6. The highest BCUT2D eigenvalue weighted by Crippen LogP contribution is 2.17. The number of hydrogen-bond donors (Lipinski definition) is 1. The second-order valence-corrected chi connectivity index (χ2v) is 6.61. The van der Waals surface area contributed by atoms with Crippen LogP contribution in [-0.2, 0) is 17.9 Å². The van der Waals surface area contributed by atoms with Crippen molar-refractivity contribution >= 4 is 11.6 Å². The van der Waals surface area contributed by atoms with Crippen molar-refractivity contribution in [1.29, 1.82) is 0 Å². The summed E-state index contributed by atoms with van der Waals surface area (Å²) >= 11 is 0. The Bertz CT molecular complexity index is 998. The van der Waals surface area contributed by atoms with Crippen molar-refractivity contribution < 1.29 is 14.5 Å². The molecule has 1 amide bonds. The van der Waals surface area contributed by atoms with E-state index in [-0.39, 0.29) is 18.2 Å². The lowest BCUT2D eigenvalue weighted by Crippen LogP contribution is -2.28. The van der Waals surface area contributed by atoms with E-state index < -0.39 is 4.92 Å². The van der Waals surface area contributed by atoms with Crippen molar-refractivity contribution in [3.05, 3.63) is 87.2 Å². The summed E-state index contributed by atoms with van der Waals surface area (Å²) in [5.41, 5.74) is 3.98. The van der Waals surface area contributed by atoms with E-state index in [0.717, 1.165) is 22.5 Å². The van der Waals surface area contributed by atoms with Crippen LogP contribution in [0.2, 0.25) is 0 Å². The number of nitrogens with zero attached hydrogens (tertiary/aromatic N) is 3. The molecule has 1 N–H and O–H groups in total. The zero-order valence-corrected chi connectivity index (χ0v) is 16.3. The van der Waals surface area contributed by atoms with Crippen LogP contribution in [0.3, 0.4) is 0 Å². The number of aryl methyl sites for hydroxylation is 1. The maximum absolute atomic E-state index is 12.1. The van der Waals surface area contributed by atoms with Gasteiger partial charge in [-0.2, -0.15) is 5.10 Å². The van der Waals surface area contributed by atoms with E-state index in [2.05, 4.69) is 10.4 Å². The molecule has 8 nitrogen and oxygen atoms in total. The Hall–Kier alpha value is -3.68. The Labute approximate surface area is 168 Å². The lowest BCUT2D eigenvalue weighted by atomic mass is 10.2. The minimum atomic E-state index is -0.487. The van der Waals surface area contributed by atoms with Crippen LogP contribution in [-0.4, -0.2) is 27.2 Å². The molecule has 0 radical (unpaired) electrons. The highest BCUT2D eigenvalue weighted by molar-refractivity contribution is 5.77. The fourth-order valence-corrected chi connectivity index (χ4v) is 2.95. The van der Waals surface area contributed by atoms with Gasteiger partial charge in [-0.05, 0) is 31.5 Å². The molecule has 2 aromatic carbocycles. The third-order valence-corrected chi connectivity index (χ3v) is 4.59. The van der Waals surface area contributed by atoms with Crippen molar-refractivity contribution in [2.45, 2.75) is 26.9 Å². The molecule has 0 aliphatic carbocycles. The van der Waals surface area contributed by atoms with Crippen LogP contribution in [0.25, 0.3) is 0 Å². The number of carbonyl (C=O) groups excluding carboxylic acids is 1. The van der Waals surface area contributed by atoms with E-state index in [1.807, 2.05) is 48.9 Å². The van der Waals surface area contributed by atoms with Crippen LogP contribution in [0, 0.1) is 24.0 Å². The maximum Gasteiger partial charge on any atom is 0.269 e. The number of rotatable bonds is 8. The largest absolute Gasteiger partial charge is 0.484 e. The van der Waals surface area contributed by atoms with E-state index in [1.54, 1.807) is 0 Å². The molecule has 3 rings (SSSR count). The summed E-state index contributed by atoms with van der Waals surface area (Å²) in [6, 6.07) is 15.7.